The molecule has 0 aliphatic carbocycles. The van der Waals surface area contributed by atoms with Crippen LogP contribution in [0, 0.1) is 13.8 Å². The van der Waals surface area contributed by atoms with E-state index in [1.165, 1.54) is 17.5 Å². The highest BCUT2D eigenvalue weighted by Crippen LogP contribution is 2.34. The summed E-state index contributed by atoms with van der Waals surface area (Å²) >= 11 is 8.93. The molecular formula is C22H21ClN2O3S2. The van der Waals surface area contributed by atoms with Crippen molar-refractivity contribution < 1.29 is 14.7 Å². The van der Waals surface area contributed by atoms with E-state index in [9.17, 15) is 9.59 Å². The monoisotopic (exact) mass is 460 g/mol. The smallest absolute Gasteiger partial charge is 0.345 e. The molecule has 3 rings (SSSR count). The number of thiophene rings is 1. The van der Waals surface area contributed by atoms with E-state index in [0.29, 0.717) is 5.02 Å². The zero-order valence-electron chi connectivity index (χ0n) is 16.5. The van der Waals surface area contributed by atoms with Gasteiger partial charge in [0.2, 0.25) is 5.91 Å². The maximum absolute atomic E-state index is 12.7. The van der Waals surface area contributed by atoms with E-state index >= 15 is 0 Å². The normalized spacial score (nSPS) is 10.6. The van der Waals surface area contributed by atoms with E-state index in [0.717, 1.165) is 32.4 Å². The number of carbonyl (C=O) groups is 2. The number of nitrogens with zero attached hydrogens (tertiary/aromatic N) is 1. The summed E-state index contributed by atoms with van der Waals surface area (Å²) in [5.41, 5.74) is 2.93. The van der Waals surface area contributed by atoms with Crippen LogP contribution in [0.5, 0.6) is 0 Å². The predicted molar refractivity (Wildman–Crippen MR) is 124 cm³/mol. The van der Waals surface area contributed by atoms with Gasteiger partial charge in [-0.3, -0.25) is 4.79 Å². The van der Waals surface area contributed by atoms with Crippen molar-refractivity contribution in [2.75, 3.05) is 10.8 Å². The van der Waals surface area contributed by atoms with Crippen molar-refractivity contribution >= 4 is 52.4 Å². The Morgan fingerprint density at radius 3 is 2.50 bits per heavy atom. The summed E-state index contributed by atoms with van der Waals surface area (Å²) in [4.78, 5) is 25.7. The summed E-state index contributed by atoms with van der Waals surface area (Å²) < 4.78 is 1.91. The number of hydrogen-bond donors (Lipinski definition) is 2. The molecule has 0 bridgehead atoms. The molecule has 0 atom stereocenters. The predicted octanol–water partition coefficient (Wildman–Crippen LogP) is 5.55. The highest BCUT2D eigenvalue weighted by atomic mass is 35.5. The summed E-state index contributed by atoms with van der Waals surface area (Å²) in [6.07, 6.45) is 0. The lowest BCUT2D eigenvalue weighted by molar-refractivity contribution is -0.119. The number of benzene rings is 2. The molecule has 1 amide bonds. The standard InChI is InChI=1S/C22H21ClN2O3S2/c1-14-6-8-16(9-7-14)30-25(19-5-3-4-18(23)15(19)2)13-21(26)24-12-17-10-11-20(29-17)22(27)28/h3-11H,12-13H2,1-2H3,(H,24,26)(H,27,28). The minimum Gasteiger partial charge on any atom is -0.477 e. The van der Waals surface area contributed by atoms with Gasteiger partial charge in [0.15, 0.2) is 0 Å². The number of amides is 1. The quantitative estimate of drug-likeness (QED) is 0.431. The van der Waals surface area contributed by atoms with Gasteiger partial charge in [0.25, 0.3) is 0 Å². The van der Waals surface area contributed by atoms with Crippen LogP contribution in [-0.2, 0) is 11.3 Å². The summed E-state index contributed by atoms with van der Waals surface area (Å²) in [7, 11) is 0. The Kier molecular flexibility index (Phi) is 7.42. The van der Waals surface area contributed by atoms with Gasteiger partial charge >= 0.3 is 5.97 Å². The van der Waals surface area contributed by atoms with Gasteiger partial charge in [-0.15, -0.1) is 11.3 Å². The lowest BCUT2D eigenvalue weighted by Gasteiger charge is -2.25. The average molecular weight is 461 g/mol. The highest BCUT2D eigenvalue weighted by molar-refractivity contribution is 8.00. The Morgan fingerprint density at radius 2 is 1.83 bits per heavy atom. The lowest BCUT2D eigenvalue weighted by atomic mass is 10.2. The topological polar surface area (TPSA) is 69.6 Å². The molecule has 0 saturated heterocycles. The van der Waals surface area contributed by atoms with Crippen LogP contribution in [0.2, 0.25) is 5.02 Å². The molecular weight excluding hydrogens is 440 g/mol. The molecule has 0 radical (unpaired) electrons. The third-order valence-corrected chi connectivity index (χ3v) is 6.88. The van der Waals surface area contributed by atoms with Gasteiger partial charge in [0.05, 0.1) is 12.2 Å². The van der Waals surface area contributed by atoms with Crippen LogP contribution in [0.1, 0.15) is 25.7 Å². The molecule has 0 saturated carbocycles. The molecule has 2 N–H and O–H groups in total. The second-order valence-electron chi connectivity index (χ2n) is 6.67. The Morgan fingerprint density at radius 1 is 1.10 bits per heavy atom. The Labute approximate surface area is 188 Å². The van der Waals surface area contributed by atoms with Crippen molar-refractivity contribution in [3.05, 3.63) is 80.5 Å². The lowest BCUT2D eigenvalue weighted by Crippen LogP contribution is -2.33. The van der Waals surface area contributed by atoms with Gasteiger partial charge < -0.3 is 14.7 Å². The van der Waals surface area contributed by atoms with Crippen LogP contribution in [0.3, 0.4) is 0 Å². The molecule has 30 heavy (non-hydrogen) atoms. The first-order valence-corrected chi connectivity index (χ1v) is 11.2. The van der Waals surface area contributed by atoms with E-state index in [4.69, 9.17) is 16.7 Å². The van der Waals surface area contributed by atoms with Crippen molar-refractivity contribution in [3.8, 4) is 0 Å². The van der Waals surface area contributed by atoms with E-state index in [-0.39, 0.29) is 23.9 Å². The van der Waals surface area contributed by atoms with Gasteiger partial charge in [-0.2, -0.15) is 0 Å². The van der Waals surface area contributed by atoms with Gasteiger partial charge in [-0.05, 0) is 67.8 Å². The van der Waals surface area contributed by atoms with E-state index in [2.05, 4.69) is 5.32 Å². The van der Waals surface area contributed by atoms with Crippen LogP contribution < -0.4 is 9.62 Å². The molecule has 2 aromatic carbocycles. The average Bonchev–Trinajstić information content (AvgIpc) is 3.19. The Balaban J connectivity index is 1.73. The fraction of sp³-hybridized carbons (Fsp3) is 0.182. The molecule has 3 aromatic rings. The van der Waals surface area contributed by atoms with E-state index in [1.54, 1.807) is 12.1 Å². The molecule has 0 aliphatic heterocycles. The number of anilines is 1. The van der Waals surface area contributed by atoms with Crippen LogP contribution in [0.15, 0.2) is 59.5 Å². The Hall–Kier alpha value is -2.48. The van der Waals surface area contributed by atoms with Crippen molar-refractivity contribution in [1.29, 1.82) is 0 Å². The third kappa shape index (κ3) is 5.78. The molecule has 0 fully saturated rings. The maximum Gasteiger partial charge on any atom is 0.345 e. The molecule has 8 heteroatoms. The summed E-state index contributed by atoms with van der Waals surface area (Å²) in [5.74, 6) is -1.13. The largest absolute Gasteiger partial charge is 0.477 e. The summed E-state index contributed by atoms with van der Waals surface area (Å²) in [6.45, 7) is 4.36. The summed E-state index contributed by atoms with van der Waals surface area (Å²) in [5, 5.41) is 12.5. The number of carboxylic acid groups (broad SMARTS) is 1. The first kappa shape index (κ1) is 22.2. The number of halogens is 1. The molecule has 0 spiro atoms. The van der Waals surface area contributed by atoms with E-state index in [1.807, 2.05) is 60.6 Å². The highest BCUT2D eigenvalue weighted by Gasteiger charge is 2.17. The van der Waals surface area contributed by atoms with E-state index < -0.39 is 5.97 Å². The minimum atomic E-state index is -0.963. The van der Waals surface area contributed by atoms with Gasteiger partial charge in [0.1, 0.15) is 11.4 Å². The molecule has 5 nitrogen and oxygen atoms in total. The zero-order chi connectivity index (χ0) is 21.7. The number of rotatable bonds is 8. The number of carboxylic acids is 1. The van der Waals surface area contributed by atoms with Gasteiger partial charge in [0, 0.05) is 14.8 Å². The number of aromatic carboxylic acids is 1. The zero-order valence-corrected chi connectivity index (χ0v) is 18.9. The van der Waals surface area contributed by atoms with Crippen LogP contribution >= 0.6 is 34.9 Å². The third-order valence-electron chi connectivity index (χ3n) is 4.36. The number of nitrogens with one attached hydrogen (secondary N) is 1. The first-order chi connectivity index (χ1) is 14.3. The van der Waals surface area contributed by atoms with Gasteiger partial charge in [-0.1, -0.05) is 35.4 Å². The Bertz CT molecular complexity index is 1050. The fourth-order valence-corrected chi connectivity index (χ4v) is 4.67. The SMILES string of the molecule is Cc1ccc(SN(CC(=O)NCc2ccc(C(=O)O)s2)c2cccc(Cl)c2C)cc1. The molecule has 0 aliphatic rings. The van der Waals surface area contributed by atoms with Crippen molar-refractivity contribution in [2.45, 2.75) is 25.3 Å². The number of carbonyl (C=O) groups excluding carboxylic acids is 1. The van der Waals surface area contributed by atoms with Crippen molar-refractivity contribution in [1.82, 2.24) is 5.32 Å². The minimum absolute atomic E-state index is 0.122. The van der Waals surface area contributed by atoms with Crippen LogP contribution in [0.25, 0.3) is 0 Å². The van der Waals surface area contributed by atoms with Crippen molar-refractivity contribution in [3.63, 3.8) is 0 Å². The summed E-state index contributed by atoms with van der Waals surface area (Å²) in [6, 6.07) is 17.0. The number of aryl methyl sites for hydroxylation is 1. The second kappa shape index (κ2) is 10.0. The van der Waals surface area contributed by atoms with Crippen LogP contribution in [-0.4, -0.2) is 23.5 Å². The van der Waals surface area contributed by atoms with Crippen molar-refractivity contribution in [2.24, 2.45) is 0 Å². The number of hydrogen-bond acceptors (Lipinski definition) is 5. The second-order valence-corrected chi connectivity index (χ2v) is 9.34. The fourth-order valence-electron chi connectivity index (χ4n) is 2.72. The molecule has 0 unspecified atom stereocenters. The first-order valence-electron chi connectivity index (χ1n) is 9.19. The molecule has 1 heterocycles. The van der Waals surface area contributed by atoms with Crippen LogP contribution in [0.4, 0.5) is 5.69 Å². The maximum atomic E-state index is 12.7. The molecule has 156 valence electrons. The molecule has 1 aromatic heterocycles. The van der Waals surface area contributed by atoms with Gasteiger partial charge in [-0.25, -0.2) is 4.79 Å².